The van der Waals surface area contributed by atoms with E-state index in [9.17, 15) is 4.79 Å². The van der Waals surface area contributed by atoms with Crippen molar-refractivity contribution in [1.82, 2.24) is 5.43 Å². The Morgan fingerprint density at radius 1 is 1.24 bits per heavy atom. The van der Waals surface area contributed by atoms with Crippen molar-refractivity contribution < 1.29 is 4.79 Å². The van der Waals surface area contributed by atoms with E-state index in [4.69, 9.17) is 0 Å². The number of nitrogens with zero attached hydrogens (tertiary/aromatic N) is 1. The van der Waals surface area contributed by atoms with Crippen molar-refractivity contribution in [2.45, 2.75) is 64.7 Å². The minimum Gasteiger partial charge on any atom is -0.273 e. The summed E-state index contributed by atoms with van der Waals surface area (Å²) < 4.78 is 0. The average molecular weight is 236 g/mol. The standard InChI is InChI=1S/C14H24N2O/c1-2-11-9-6-10-13(11)15-16-14(17)12-7-4-3-5-8-12/h11-12H,2-10H2,1H3,(H,16,17)/b15-13-/t11-/m0/s1. The van der Waals surface area contributed by atoms with Crippen LogP contribution in [0.1, 0.15) is 64.7 Å². The van der Waals surface area contributed by atoms with Crippen LogP contribution in [0.15, 0.2) is 5.10 Å². The zero-order chi connectivity index (χ0) is 12.1. The minimum absolute atomic E-state index is 0.152. The van der Waals surface area contributed by atoms with E-state index < -0.39 is 0 Å². The number of hydrazone groups is 1. The third-order valence-electron chi connectivity index (χ3n) is 4.24. The van der Waals surface area contributed by atoms with Crippen LogP contribution in [0, 0.1) is 11.8 Å². The normalized spacial score (nSPS) is 28.5. The maximum absolute atomic E-state index is 11.9. The van der Waals surface area contributed by atoms with Crippen LogP contribution < -0.4 is 5.43 Å². The summed E-state index contributed by atoms with van der Waals surface area (Å²) >= 11 is 0. The van der Waals surface area contributed by atoms with Gasteiger partial charge in [0.05, 0.1) is 0 Å². The Morgan fingerprint density at radius 3 is 2.71 bits per heavy atom. The highest BCUT2D eigenvalue weighted by Crippen LogP contribution is 2.26. The summed E-state index contributed by atoms with van der Waals surface area (Å²) in [5.41, 5.74) is 4.03. The third-order valence-corrected chi connectivity index (χ3v) is 4.24. The molecule has 0 aromatic rings. The topological polar surface area (TPSA) is 41.5 Å². The van der Waals surface area contributed by atoms with Crippen LogP contribution in [0.25, 0.3) is 0 Å². The fourth-order valence-corrected chi connectivity index (χ4v) is 3.07. The fraction of sp³-hybridized carbons (Fsp3) is 0.857. The molecule has 3 nitrogen and oxygen atoms in total. The molecule has 0 heterocycles. The number of carbonyl (C=O) groups excluding carboxylic acids is 1. The van der Waals surface area contributed by atoms with Gasteiger partial charge in [0.15, 0.2) is 0 Å². The van der Waals surface area contributed by atoms with E-state index in [1.165, 1.54) is 37.8 Å². The molecule has 3 heteroatoms. The molecule has 0 unspecified atom stereocenters. The molecule has 0 radical (unpaired) electrons. The number of carbonyl (C=O) groups is 1. The minimum atomic E-state index is 0.152. The second-order valence-electron chi connectivity index (χ2n) is 5.41. The van der Waals surface area contributed by atoms with E-state index in [1.807, 2.05) is 0 Å². The second-order valence-corrected chi connectivity index (χ2v) is 5.41. The Hall–Kier alpha value is -0.860. The Labute approximate surface area is 104 Å². The lowest BCUT2D eigenvalue weighted by Gasteiger charge is -2.19. The number of hydrogen-bond acceptors (Lipinski definition) is 2. The van der Waals surface area contributed by atoms with E-state index in [0.717, 1.165) is 25.7 Å². The van der Waals surface area contributed by atoms with Crippen LogP contribution in [0.5, 0.6) is 0 Å². The van der Waals surface area contributed by atoms with Crippen LogP contribution in [-0.4, -0.2) is 11.6 Å². The van der Waals surface area contributed by atoms with E-state index in [-0.39, 0.29) is 11.8 Å². The van der Waals surface area contributed by atoms with Crippen molar-refractivity contribution in [3.05, 3.63) is 0 Å². The number of hydrogen-bond donors (Lipinski definition) is 1. The van der Waals surface area contributed by atoms with Crippen molar-refractivity contribution in [2.24, 2.45) is 16.9 Å². The molecule has 0 aliphatic heterocycles. The summed E-state index contributed by atoms with van der Waals surface area (Å²) in [6.45, 7) is 2.20. The lowest BCUT2D eigenvalue weighted by molar-refractivity contribution is -0.125. The van der Waals surface area contributed by atoms with Crippen LogP contribution in [-0.2, 0) is 4.79 Å². The molecule has 1 amide bonds. The molecule has 2 aliphatic rings. The highest BCUT2D eigenvalue weighted by atomic mass is 16.2. The maximum atomic E-state index is 11.9. The third kappa shape index (κ3) is 3.30. The first-order valence-corrected chi connectivity index (χ1v) is 7.17. The zero-order valence-electron chi connectivity index (χ0n) is 10.9. The molecule has 1 atom stereocenters. The zero-order valence-corrected chi connectivity index (χ0v) is 10.9. The quantitative estimate of drug-likeness (QED) is 0.751. The van der Waals surface area contributed by atoms with Crippen LogP contribution >= 0.6 is 0 Å². The molecule has 2 saturated carbocycles. The molecule has 2 rings (SSSR count). The SMILES string of the molecule is CC[C@H]1CCC/C1=N/NC(=O)C1CCCCC1. The van der Waals surface area contributed by atoms with Gasteiger partial charge in [0.1, 0.15) is 0 Å². The van der Waals surface area contributed by atoms with Gasteiger partial charge >= 0.3 is 0 Å². The second kappa shape index (κ2) is 6.18. The molecular weight excluding hydrogens is 212 g/mol. The summed E-state index contributed by atoms with van der Waals surface area (Å²) in [7, 11) is 0. The Balaban J connectivity index is 1.83. The molecule has 1 N–H and O–H groups in total. The molecule has 2 fully saturated rings. The van der Waals surface area contributed by atoms with Crippen molar-refractivity contribution in [3.8, 4) is 0 Å². The molecule has 96 valence electrons. The van der Waals surface area contributed by atoms with Gasteiger partial charge in [-0.05, 0) is 44.4 Å². The Morgan fingerprint density at radius 2 is 2.00 bits per heavy atom. The molecule has 2 aliphatic carbocycles. The van der Waals surface area contributed by atoms with Gasteiger partial charge < -0.3 is 0 Å². The van der Waals surface area contributed by atoms with Gasteiger partial charge in [-0.2, -0.15) is 5.10 Å². The molecule has 0 saturated heterocycles. The summed E-state index contributed by atoms with van der Waals surface area (Å²) in [6.07, 6.45) is 10.5. The summed E-state index contributed by atoms with van der Waals surface area (Å²) in [6, 6.07) is 0. The van der Waals surface area contributed by atoms with Crippen LogP contribution in [0.4, 0.5) is 0 Å². The average Bonchev–Trinajstić information content (AvgIpc) is 2.84. The maximum Gasteiger partial charge on any atom is 0.243 e. The largest absolute Gasteiger partial charge is 0.273 e. The van der Waals surface area contributed by atoms with Crippen molar-refractivity contribution in [1.29, 1.82) is 0 Å². The van der Waals surface area contributed by atoms with Gasteiger partial charge in [0.25, 0.3) is 0 Å². The fourth-order valence-electron chi connectivity index (χ4n) is 3.07. The molecule has 0 bridgehead atoms. The van der Waals surface area contributed by atoms with Crippen molar-refractivity contribution >= 4 is 11.6 Å². The van der Waals surface area contributed by atoms with Crippen molar-refractivity contribution in [2.75, 3.05) is 0 Å². The van der Waals surface area contributed by atoms with E-state index in [2.05, 4.69) is 17.5 Å². The van der Waals surface area contributed by atoms with Gasteiger partial charge in [-0.1, -0.05) is 26.2 Å². The van der Waals surface area contributed by atoms with Gasteiger partial charge in [0.2, 0.25) is 5.91 Å². The summed E-state index contributed by atoms with van der Waals surface area (Å²) in [4.78, 5) is 11.9. The van der Waals surface area contributed by atoms with E-state index in [1.54, 1.807) is 0 Å². The van der Waals surface area contributed by atoms with Gasteiger partial charge in [-0.3, -0.25) is 4.79 Å². The monoisotopic (exact) mass is 236 g/mol. The molecule has 0 spiro atoms. The predicted molar refractivity (Wildman–Crippen MR) is 69.8 cm³/mol. The van der Waals surface area contributed by atoms with Gasteiger partial charge in [-0.15, -0.1) is 0 Å². The first-order valence-electron chi connectivity index (χ1n) is 7.17. The van der Waals surface area contributed by atoms with E-state index in [0.29, 0.717) is 5.92 Å². The highest BCUT2D eigenvalue weighted by Gasteiger charge is 2.23. The number of rotatable bonds is 3. The summed E-state index contributed by atoms with van der Waals surface area (Å²) in [5, 5.41) is 4.37. The first kappa shape index (κ1) is 12.6. The van der Waals surface area contributed by atoms with Gasteiger partial charge in [0, 0.05) is 11.6 Å². The van der Waals surface area contributed by atoms with E-state index >= 15 is 0 Å². The first-order chi connectivity index (χ1) is 8.31. The smallest absolute Gasteiger partial charge is 0.243 e. The molecule has 0 aromatic heterocycles. The predicted octanol–water partition coefficient (Wildman–Crippen LogP) is 3.25. The molecular formula is C14H24N2O. The lowest BCUT2D eigenvalue weighted by Crippen LogP contribution is -2.29. The lowest BCUT2D eigenvalue weighted by atomic mass is 9.89. The Bertz CT molecular complexity index is 293. The molecule has 0 aromatic carbocycles. The van der Waals surface area contributed by atoms with Gasteiger partial charge in [-0.25, -0.2) is 5.43 Å². The van der Waals surface area contributed by atoms with Crippen LogP contribution in [0.3, 0.4) is 0 Å². The van der Waals surface area contributed by atoms with Crippen molar-refractivity contribution in [3.63, 3.8) is 0 Å². The number of nitrogens with one attached hydrogen (secondary N) is 1. The highest BCUT2D eigenvalue weighted by molar-refractivity contribution is 5.90. The van der Waals surface area contributed by atoms with Crippen LogP contribution in [0.2, 0.25) is 0 Å². The summed E-state index contributed by atoms with van der Waals surface area (Å²) in [5.74, 6) is 0.982. The number of amides is 1. The Kier molecular flexibility index (Phi) is 4.57. The molecule has 17 heavy (non-hydrogen) atoms.